The molecule has 0 amide bonds. The van der Waals surface area contributed by atoms with Gasteiger partial charge < -0.3 is 13.9 Å². The van der Waals surface area contributed by atoms with Gasteiger partial charge in [0.2, 0.25) is 0 Å². The summed E-state index contributed by atoms with van der Waals surface area (Å²) >= 11 is 0. The molecule has 0 unspecified atom stereocenters. The van der Waals surface area contributed by atoms with Gasteiger partial charge in [0, 0.05) is 30.9 Å². The number of nitrogens with zero attached hydrogens (tertiary/aromatic N) is 2. The molecule has 5 rings (SSSR count). The van der Waals surface area contributed by atoms with E-state index in [-0.39, 0.29) is 5.54 Å². The highest BCUT2D eigenvalue weighted by Crippen LogP contribution is 2.53. The summed E-state index contributed by atoms with van der Waals surface area (Å²) < 4.78 is 8.28. The number of para-hydroxylation sites is 1. The van der Waals surface area contributed by atoms with Crippen molar-refractivity contribution >= 4 is 16.8 Å². The fraction of sp³-hybridized carbons (Fsp3) is 0.429. The van der Waals surface area contributed by atoms with E-state index < -0.39 is 0 Å². The second-order valence-electron chi connectivity index (χ2n) is 7.49. The van der Waals surface area contributed by atoms with E-state index in [1.54, 1.807) is 0 Å². The van der Waals surface area contributed by atoms with Crippen LogP contribution in [0.2, 0.25) is 0 Å². The Morgan fingerprint density at radius 1 is 1.04 bits per heavy atom. The molecular formula is C21H24N2O. The Bertz CT molecular complexity index is 911. The molecule has 2 aliphatic rings. The monoisotopic (exact) mass is 320 g/mol. The first kappa shape index (κ1) is 14.2. The maximum absolute atomic E-state index is 5.88. The molecule has 1 spiro atoms. The molecule has 3 aromatic rings. The Hall–Kier alpha value is -2.16. The van der Waals surface area contributed by atoms with E-state index in [1.165, 1.54) is 60.1 Å². The van der Waals surface area contributed by atoms with E-state index >= 15 is 0 Å². The van der Waals surface area contributed by atoms with Crippen LogP contribution in [0, 0.1) is 6.92 Å². The van der Waals surface area contributed by atoms with Crippen LogP contribution in [0.25, 0.3) is 11.1 Å². The van der Waals surface area contributed by atoms with Gasteiger partial charge in [0.1, 0.15) is 0 Å². The number of benzene rings is 1. The maximum Gasteiger partial charge on any atom is 0.157 e. The third kappa shape index (κ3) is 1.68. The second-order valence-corrected chi connectivity index (χ2v) is 7.49. The highest BCUT2D eigenvalue weighted by Gasteiger charge is 2.49. The fourth-order valence-corrected chi connectivity index (χ4v) is 5.23. The predicted octanol–water partition coefficient (Wildman–Crippen LogP) is 5.26. The number of anilines is 1. The predicted molar refractivity (Wildman–Crippen MR) is 97.3 cm³/mol. The van der Waals surface area contributed by atoms with Gasteiger partial charge in [-0.25, -0.2) is 0 Å². The number of aromatic nitrogens is 1. The Morgan fingerprint density at radius 2 is 1.83 bits per heavy atom. The van der Waals surface area contributed by atoms with Crippen molar-refractivity contribution in [1.29, 1.82) is 0 Å². The average molecular weight is 320 g/mol. The van der Waals surface area contributed by atoms with Gasteiger partial charge in [-0.3, -0.25) is 0 Å². The first-order chi connectivity index (χ1) is 11.7. The summed E-state index contributed by atoms with van der Waals surface area (Å²) in [5, 5.41) is 0. The van der Waals surface area contributed by atoms with E-state index in [0.717, 1.165) is 12.1 Å². The normalized spacial score (nSPS) is 19.3. The lowest BCUT2D eigenvalue weighted by Crippen LogP contribution is -2.44. The largest absolute Gasteiger partial charge is 0.462 e. The second kappa shape index (κ2) is 4.92. The lowest BCUT2D eigenvalue weighted by Gasteiger charge is -2.44. The zero-order chi connectivity index (χ0) is 16.3. The van der Waals surface area contributed by atoms with Crippen molar-refractivity contribution in [3.05, 3.63) is 53.4 Å². The van der Waals surface area contributed by atoms with Crippen LogP contribution >= 0.6 is 0 Å². The lowest BCUT2D eigenvalue weighted by atomic mass is 9.78. The van der Waals surface area contributed by atoms with Gasteiger partial charge in [0.05, 0.1) is 23.0 Å². The quantitative estimate of drug-likeness (QED) is 0.610. The van der Waals surface area contributed by atoms with Crippen LogP contribution in [0.1, 0.15) is 48.9 Å². The minimum atomic E-state index is 0.135. The van der Waals surface area contributed by atoms with Crippen molar-refractivity contribution in [3.63, 3.8) is 0 Å². The molecule has 2 aromatic heterocycles. The third-order valence-electron chi connectivity index (χ3n) is 6.26. The molecule has 1 aromatic carbocycles. The first-order valence-electron chi connectivity index (χ1n) is 9.11. The Balaban J connectivity index is 1.76. The summed E-state index contributed by atoms with van der Waals surface area (Å²) in [5.74, 6) is 0. The van der Waals surface area contributed by atoms with Crippen molar-refractivity contribution in [2.75, 3.05) is 4.90 Å². The van der Waals surface area contributed by atoms with Crippen molar-refractivity contribution in [2.24, 2.45) is 7.05 Å². The number of fused-ring (bicyclic) bond motifs is 4. The molecule has 0 radical (unpaired) electrons. The standard InChI is InChI=1S/C21H24N2O/c1-15-8-4-5-9-17(15)23-14-16-19-18(10-13-24-19)22(2)20(16)21(23)11-6-3-7-12-21/h4-5,8-10,13H,3,6-7,11-12,14H2,1-2H3. The molecule has 24 heavy (non-hydrogen) atoms. The van der Waals surface area contributed by atoms with Crippen molar-refractivity contribution in [3.8, 4) is 0 Å². The third-order valence-corrected chi connectivity index (χ3v) is 6.26. The maximum atomic E-state index is 5.88. The SMILES string of the molecule is Cc1ccccc1N1Cc2c(n(C)c3ccoc23)C12CCCCC2. The van der Waals surface area contributed by atoms with E-state index in [1.807, 2.05) is 6.26 Å². The molecule has 1 fully saturated rings. The molecule has 1 aliphatic heterocycles. The molecule has 1 saturated carbocycles. The van der Waals surface area contributed by atoms with Crippen LogP contribution < -0.4 is 4.90 Å². The number of rotatable bonds is 1. The zero-order valence-electron chi connectivity index (χ0n) is 14.5. The van der Waals surface area contributed by atoms with Crippen molar-refractivity contribution < 1.29 is 4.42 Å². The van der Waals surface area contributed by atoms with Crippen LogP contribution in [0.4, 0.5) is 5.69 Å². The fourth-order valence-electron chi connectivity index (χ4n) is 5.23. The summed E-state index contributed by atoms with van der Waals surface area (Å²) in [6, 6.07) is 10.9. The molecule has 0 atom stereocenters. The first-order valence-corrected chi connectivity index (χ1v) is 9.11. The molecule has 3 nitrogen and oxygen atoms in total. The number of furan rings is 1. The molecule has 0 saturated heterocycles. The van der Waals surface area contributed by atoms with Gasteiger partial charge in [0.25, 0.3) is 0 Å². The minimum absolute atomic E-state index is 0.135. The van der Waals surface area contributed by atoms with Gasteiger partial charge in [-0.15, -0.1) is 0 Å². The van der Waals surface area contributed by atoms with Crippen LogP contribution in [-0.4, -0.2) is 4.57 Å². The molecule has 124 valence electrons. The molecular weight excluding hydrogens is 296 g/mol. The smallest absolute Gasteiger partial charge is 0.157 e. The number of hydrogen-bond acceptors (Lipinski definition) is 2. The summed E-state index contributed by atoms with van der Waals surface area (Å²) in [5.41, 5.74) is 8.13. The van der Waals surface area contributed by atoms with Crippen molar-refractivity contribution in [1.82, 2.24) is 4.57 Å². The van der Waals surface area contributed by atoms with Gasteiger partial charge >= 0.3 is 0 Å². The number of hydrogen-bond donors (Lipinski definition) is 0. The van der Waals surface area contributed by atoms with Gasteiger partial charge in [0.15, 0.2) is 5.58 Å². The summed E-state index contributed by atoms with van der Waals surface area (Å²) in [7, 11) is 2.22. The minimum Gasteiger partial charge on any atom is -0.462 e. The average Bonchev–Trinajstić information content (AvgIpc) is 3.25. The Kier molecular flexibility index (Phi) is 2.91. The highest BCUT2D eigenvalue weighted by molar-refractivity contribution is 5.83. The van der Waals surface area contributed by atoms with Crippen molar-refractivity contribution in [2.45, 2.75) is 51.1 Å². The van der Waals surface area contributed by atoms with E-state index in [9.17, 15) is 0 Å². The highest BCUT2D eigenvalue weighted by atomic mass is 16.3. The summed E-state index contributed by atoms with van der Waals surface area (Å²) in [6.45, 7) is 3.20. The molecule has 0 bridgehead atoms. The topological polar surface area (TPSA) is 21.3 Å². The van der Waals surface area contributed by atoms with Gasteiger partial charge in [-0.1, -0.05) is 37.5 Å². The lowest BCUT2D eigenvalue weighted by molar-refractivity contribution is 0.282. The molecule has 3 heterocycles. The van der Waals surface area contributed by atoms with Crippen LogP contribution in [0.3, 0.4) is 0 Å². The van der Waals surface area contributed by atoms with Crippen LogP contribution in [0.15, 0.2) is 41.0 Å². The van der Waals surface area contributed by atoms with E-state index in [0.29, 0.717) is 0 Å². The van der Waals surface area contributed by atoms with Gasteiger partial charge in [-0.2, -0.15) is 0 Å². The number of aryl methyl sites for hydroxylation is 2. The van der Waals surface area contributed by atoms with Crippen LogP contribution in [0.5, 0.6) is 0 Å². The van der Waals surface area contributed by atoms with E-state index in [4.69, 9.17) is 4.42 Å². The van der Waals surface area contributed by atoms with E-state index in [2.05, 4.69) is 53.8 Å². The summed E-state index contributed by atoms with van der Waals surface area (Å²) in [4.78, 5) is 2.67. The molecule has 1 aliphatic carbocycles. The summed E-state index contributed by atoms with van der Waals surface area (Å²) in [6.07, 6.45) is 8.31. The van der Waals surface area contributed by atoms with Gasteiger partial charge in [-0.05, 0) is 31.4 Å². The Labute approximate surface area is 142 Å². The zero-order valence-corrected chi connectivity index (χ0v) is 14.5. The molecule has 3 heteroatoms. The Morgan fingerprint density at radius 3 is 2.62 bits per heavy atom. The molecule has 0 N–H and O–H groups in total. The van der Waals surface area contributed by atoms with Crippen LogP contribution in [-0.2, 0) is 19.1 Å².